The van der Waals surface area contributed by atoms with Gasteiger partial charge in [0, 0.05) is 19.6 Å². The lowest BCUT2D eigenvalue weighted by atomic mass is 10.0. The summed E-state index contributed by atoms with van der Waals surface area (Å²) in [7, 11) is 0. The van der Waals surface area contributed by atoms with E-state index in [9.17, 15) is 0 Å². The highest BCUT2D eigenvalue weighted by Gasteiger charge is 1.97. The summed E-state index contributed by atoms with van der Waals surface area (Å²) in [5.41, 5.74) is 5.97. The van der Waals surface area contributed by atoms with Crippen molar-refractivity contribution in [1.82, 2.24) is 10.2 Å². The van der Waals surface area contributed by atoms with E-state index in [0.29, 0.717) is 0 Å². The highest BCUT2D eigenvalue weighted by atomic mass is 15.1. The summed E-state index contributed by atoms with van der Waals surface area (Å²) >= 11 is 0. The van der Waals surface area contributed by atoms with E-state index in [0.717, 1.165) is 39.1 Å². The van der Waals surface area contributed by atoms with Crippen molar-refractivity contribution in [2.75, 3.05) is 32.7 Å². The van der Waals surface area contributed by atoms with Crippen LogP contribution in [0.15, 0.2) is 46.6 Å². The van der Waals surface area contributed by atoms with Gasteiger partial charge in [-0.2, -0.15) is 0 Å². The number of nitrogens with one attached hydrogen (secondary N) is 1. The fraction of sp³-hybridized carbons (Fsp3) is 0.692. The van der Waals surface area contributed by atoms with E-state index in [1.54, 1.807) is 0 Å². The molecule has 0 atom stereocenters. The largest absolute Gasteiger partial charge is 0.312 e. The molecule has 0 fully saturated rings. The van der Waals surface area contributed by atoms with Crippen molar-refractivity contribution in [3.63, 3.8) is 0 Å². The Kier molecular flexibility index (Phi) is 17.2. The molecule has 0 saturated heterocycles. The molecule has 0 aromatic carbocycles. The van der Waals surface area contributed by atoms with E-state index >= 15 is 0 Å². The number of hydrogen-bond acceptors (Lipinski definition) is 2. The number of allylic oxidation sites excluding steroid dienone is 7. The van der Waals surface area contributed by atoms with E-state index in [1.165, 1.54) is 54.4 Å². The fourth-order valence-electron chi connectivity index (χ4n) is 3.11. The third-order valence-electron chi connectivity index (χ3n) is 5.25. The average Bonchev–Trinajstić information content (AvgIpc) is 2.64. The van der Waals surface area contributed by atoms with Crippen molar-refractivity contribution in [2.45, 2.75) is 87.0 Å². The number of nitrogens with zero attached hydrogens (tertiary/aromatic N) is 1. The Hall–Kier alpha value is -1.12. The van der Waals surface area contributed by atoms with Gasteiger partial charge in [-0.1, -0.05) is 60.4 Å². The minimum Gasteiger partial charge on any atom is -0.312 e. The molecule has 0 aliphatic carbocycles. The van der Waals surface area contributed by atoms with Crippen LogP contribution in [0.2, 0.25) is 0 Å². The Labute approximate surface area is 176 Å². The number of rotatable bonds is 16. The van der Waals surface area contributed by atoms with Gasteiger partial charge in [0.25, 0.3) is 0 Å². The molecule has 1 N–H and O–H groups in total. The summed E-state index contributed by atoms with van der Waals surface area (Å²) in [5, 5.41) is 3.53. The van der Waals surface area contributed by atoms with Gasteiger partial charge in [-0.25, -0.2) is 0 Å². The van der Waals surface area contributed by atoms with E-state index < -0.39 is 0 Å². The van der Waals surface area contributed by atoms with Crippen LogP contribution in [-0.4, -0.2) is 37.6 Å². The molecule has 0 rings (SSSR count). The van der Waals surface area contributed by atoms with Gasteiger partial charge >= 0.3 is 0 Å². The van der Waals surface area contributed by atoms with Crippen LogP contribution in [0, 0.1) is 0 Å². The maximum atomic E-state index is 3.53. The van der Waals surface area contributed by atoms with Crippen LogP contribution in [0.25, 0.3) is 0 Å². The topological polar surface area (TPSA) is 15.3 Å². The standard InChI is InChI=1S/C26H48N2/c1-8-28(9-2)22-21-27-20-19-26(7)18-12-17-25(6)16-11-15-24(5)14-10-13-23(3)4/h13,15,17,19,27H,8-12,14,16,18,20-22H2,1-7H3. The molecular weight excluding hydrogens is 340 g/mol. The summed E-state index contributed by atoms with van der Waals surface area (Å²) in [6.07, 6.45) is 16.6. The fourth-order valence-corrected chi connectivity index (χ4v) is 3.11. The van der Waals surface area contributed by atoms with Gasteiger partial charge in [-0.3, -0.25) is 0 Å². The molecule has 2 nitrogen and oxygen atoms in total. The Balaban J connectivity index is 3.92. The molecule has 0 saturated carbocycles. The zero-order chi connectivity index (χ0) is 21.2. The molecule has 0 aromatic rings. The molecule has 0 aromatic heterocycles. The monoisotopic (exact) mass is 388 g/mol. The minimum atomic E-state index is 0.993. The molecule has 0 unspecified atom stereocenters. The van der Waals surface area contributed by atoms with Gasteiger partial charge < -0.3 is 10.2 Å². The second-order valence-corrected chi connectivity index (χ2v) is 8.28. The summed E-state index contributed by atoms with van der Waals surface area (Å²) in [4.78, 5) is 2.46. The van der Waals surface area contributed by atoms with Crippen LogP contribution >= 0.6 is 0 Å². The van der Waals surface area contributed by atoms with Crippen LogP contribution < -0.4 is 5.32 Å². The Morgan fingerprint density at radius 2 is 1.14 bits per heavy atom. The van der Waals surface area contributed by atoms with E-state index in [2.05, 4.69) is 83.0 Å². The first kappa shape index (κ1) is 26.9. The molecule has 0 bridgehead atoms. The molecule has 0 spiro atoms. The highest BCUT2D eigenvalue weighted by Crippen LogP contribution is 2.13. The molecule has 28 heavy (non-hydrogen) atoms. The van der Waals surface area contributed by atoms with Gasteiger partial charge in [0.05, 0.1) is 0 Å². The lowest BCUT2D eigenvalue weighted by Gasteiger charge is -2.17. The first-order valence-electron chi connectivity index (χ1n) is 11.4. The lowest BCUT2D eigenvalue weighted by Crippen LogP contribution is -2.31. The molecule has 0 amide bonds. The van der Waals surface area contributed by atoms with Gasteiger partial charge in [-0.05, 0) is 86.2 Å². The van der Waals surface area contributed by atoms with Gasteiger partial charge in [0.2, 0.25) is 0 Å². The predicted octanol–water partition coefficient (Wildman–Crippen LogP) is 7.06. The molecular formula is C26H48N2. The summed E-state index contributed by atoms with van der Waals surface area (Å²) in [5.74, 6) is 0. The predicted molar refractivity (Wildman–Crippen MR) is 129 cm³/mol. The third-order valence-corrected chi connectivity index (χ3v) is 5.25. The van der Waals surface area contributed by atoms with E-state index in [-0.39, 0.29) is 0 Å². The quantitative estimate of drug-likeness (QED) is 0.225. The van der Waals surface area contributed by atoms with Gasteiger partial charge in [-0.15, -0.1) is 0 Å². The smallest absolute Gasteiger partial charge is 0.0137 e. The molecule has 0 aliphatic rings. The van der Waals surface area contributed by atoms with Crippen LogP contribution in [0.4, 0.5) is 0 Å². The lowest BCUT2D eigenvalue weighted by molar-refractivity contribution is 0.304. The van der Waals surface area contributed by atoms with Crippen LogP contribution in [0.1, 0.15) is 87.0 Å². The Morgan fingerprint density at radius 3 is 1.61 bits per heavy atom. The van der Waals surface area contributed by atoms with Gasteiger partial charge in [0.15, 0.2) is 0 Å². The molecule has 162 valence electrons. The number of likely N-dealkylation sites (N-methyl/N-ethyl adjacent to an activating group) is 1. The van der Waals surface area contributed by atoms with Crippen molar-refractivity contribution in [3.05, 3.63) is 46.6 Å². The van der Waals surface area contributed by atoms with E-state index in [1.807, 2.05) is 0 Å². The minimum absolute atomic E-state index is 0.993. The summed E-state index contributed by atoms with van der Waals surface area (Å²) < 4.78 is 0. The number of hydrogen-bond donors (Lipinski definition) is 1. The third kappa shape index (κ3) is 17.0. The second kappa shape index (κ2) is 17.9. The average molecular weight is 389 g/mol. The zero-order valence-electron chi connectivity index (χ0n) is 20.0. The van der Waals surface area contributed by atoms with Crippen LogP contribution in [-0.2, 0) is 0 Å². The molecule has 2 heteroatoms. The van der Waals surface area contributed by atoms with Crippen LogP contribution in [0.5, 0.6) is 0 Å². The van der Waals surface area contributed by atoms with E-state index in [4.69, 9.17) is 0 Å². The first-order chi connectivity index (χ1) is 13.4. The van der Waals surface area contributed by atoms with Crippen molar-refractivity contribution in [1.29, 1.82) is 0 Å². The first-order valence-corrected chi connectivity index (χ1v) is 11.4. The normalized spacial score (nSPS) is 13.4. The van der Waals surface area contributed by atoms with Crippen molar-refractivity contribution in [2.24, 2.45) is 0 Å². The summed E-state index contributed by atoms with van der Waals surface area (Å²) in [6.45, 7) is 21.1. The van der Waals surface area contributed by atoms with Gasteiger partial charge in [0.1, 0.15) is 0 Å². The summed E-state index contributed by atoms with van der Waals surface area (Å²) in [6, 6.07) is 0. The molecule has 0 radical (unpaired) electrons. The zero-order valence-corrected chi connectivity index (χ0v) is 20.0. The maximum Gasteiger partial charge on any atom is 0.0137 e. The van der Waals surface area contributed by atoms with Crippen molar-refractivity contribution < 1.29 is 0 Å². The van der Waals surface area contributed by atoms with Crippen molar-refractivity contribution >= 4 is 0 Å². The van der Waals surface area contributed by atoms with Crippen LogP contribution in [0.3, 0.4) is 0 Å². The molecule has 0 aliphatic heterocycles. The molecule has 0 heterocycles. The maximum absolute atomic E-state index is 3.53. The Bertz CT molecular complexity index is 501. The van der Waals surface area contributed by atoms with Crippen molar-refractivity contribution in [3.8, 4) is 0 Å². The second-order valence-electron chi connectivity index (χ2n) is 8.28. The SMILES string of the molecule is CCN(CC)CCNCC=C(C)CCC=C(C)CCC=C(C)CCC=C(C)C. The highest BCUT2D eigenvalue weighted by molar-refractivity contribution is 5.07. The Morgan fingerprint density at radius 1 is 0.679 bits per heavy atom.